The van der Waals surface area contributed by atoms with E-state index in [2.05, 4.69) is 26.8 Å². The number of benzene rings is 2. The van der Waals surface area contributed by atoms with Gasteiger partial charge >= 0.3 is 5.97 Å². The molecule has 0 fully saturated rings. The van der Waals surface area contributed by atoms with Crippen molar-refractivity contribution in [1.82, 2.24) is 0 Å². The van der Waals surface area contributed by atoms with E-state index in [1.807, 2.05) is 60.6 Å². The van der Waals surface area contributed by atoms with E-state index in [0.717, 1.165) is 16.7 Å². The van der Waals surface area contributed by atoms with Crippen LogP contribution >= 0.6 is 0 Å². The van der Waals surface area contributed by atoms with Crippen molar-refractivity contribution in [3.8, 4) is 11.5 Å². The molecular formula is C26H36O3. The summed E-state index contributed by atoms with van der Waals surface area (Å²) in [6, 6.07) is 9.45. The van der Waals surface area contributed by atoms with E-state index in [1.54, 1.807) is 12.1 Å². The number of esters is 1. The molecule has 2 aromatic rings. The van der Waals surface area contributed by atoms with Crippen molar-refractivity contribution in [1.29, 1.82) is 0 Å². The van der Waals surface area contributed by atoms with E-state index in [0.29, 0.717) is 11.3 Å². The second kappa shape index (κ2) is 7.51. The van der Waals surface area contributed by atoms with Gasteiger partial charge in [0.05, 0.1) is 5.56 Å². The second-order valence-electron chi connectivity index (χ2n) is 11.0. The van der Waals surface area contributed by atoms with Crippen LogP contribution in [0.25, 0.3) is 0 Å². The Morgan fingerprint density at radius 1 is 0.793 bits per heavy atom. The zero-order chi connectivity index (χ0) is 22.4. The minimum atomic E-state index is -0.410. The number of phenolic OH excluding ortho intramolecular Hbond substituents is 1. The van der Waals surface area contributed by atoms with Gasteiger partial charge in [-0.25, -0.2) is 4.79 Å². The third-order valence-electron chi connectivity index (χ3n) is 5.21. The van der Waals surface area contributed by atoms with Crippen LogP contribution in [0.3, 0.4) is 0 Å². The highest BCUT2D eigenvalue weighted by molar-refractivity contribution is 5.92. The Morgan fingerprint density at radius 3 is 1.66 bits per heavy atom. The minimum absolute atomic E-state index is 0.0352. The van der Waals surface area contributed by atoms with Gasteiger partial charge in [-0.3, -0.25) is 0 Å². The molecule has 0 aliphatic carbocycles. The predicted octanol–water partition coefficient (Wildman–Crippen LogP) is 6.81. The summed E-state index contributed by atoms with van der Waals surface area (Å²) in [5.74, 6) is 0.408. The lowest BCUT2D eigenvalue weighted by atomic mass is 9.78. The van der Waals surface area contributed by atoms with E-state index in [1.165, 1.54) is 5.56 Å². The summed E-state index contributed by atoms with van der Waals surface area (Å²) < 4.78 is 5.75. The van der Waals surface area contributed by atoms with Crippen LogP contribution in [0.2, 0.25) is 0 Å². The summed E-state index contributed by atoms with van der Waals surface area (Å²) in [5.41, 5.74) is 3.51. The van der Waals surface area contributed by atoms with Crippen molar-refractivity contribution in [3.63, 3.8) is 0 Å². The van der Waals surface area contributed by atoms with E-state index >= 15 is 0 Å². The van der Waals surface area contributed by atoms with Gasteiger partial charge in [-0.05, 0) is 52.5 Å². The van der Waals surface area contributed by atoms with Crippen LogP contribution in [0.1, 0.15) is 94.9 Å². The first kappa shape index (κ1) is 23.0. The predicted molar refractivity (Wildman–Crippen MR) is 120 cm³/mol. The van der Waals surface area contributed by atoms with Crippen molar-refractivity contribution in [2.45, 2.75) is 85.5 Å². The molecule has 0 atom stereocenters. The van der Waals surface area contributed by atoms with Gasteiger partial charge in [0.15, 0.2) is 0 Å². The summed E-state index contributed by atoms with van der Waals surface area (Å²) in [4.78, 5) is 13.0. The number of rotatable bonds is 2. The number of carbonyl (C=O) groups is 1. The van der Waals surface area contributed by atoms with Crippen LogP contribution < -0.4 is 4.74 Å². The Bertz CT molecular complexity index is 881. The average Bonchev–Trinajstić information content (AvgIpc) is 2.53. The maximum absolute atomic E-state index is 13.0. The number of aryl methyl sites for hydroxylation is 1. The fraction of sp³-hybridized carbons (Fsp3) is 0.500. The van der Waals surface area contributed by atoms with Gasteiger partial charge in [-0.1, -0.05) is 74.4 Å². The number of aromatic hydroxyl groups is 1. The van der Waals surface area contributed by atoms with Crippen molar-refractivity contribution in [3.05, 3.63) is 58.1 Å². The number of carbonyl (C=O) groups excluding carboxylic acids is 1. The molecule has 29 heavy (non-hydrogen) atoms. The van der Waals surface area contributed by atoms with Gasteiger partial charge in [0, 0.05) is 11.1 Å². The second-order valence-corrected chi connectivity index (χ2v) is 11.0. The molecule has 3 nitrogen and oxygen atoms in total. The first-order valence-corrected chi connectivity index (χ1v) is 10.2. The molecule has 0 radical (unpaired) electrons. The molecule has 0 saturated heterocycles. The third-order valence-corrected chi connectivity index (χ3v) is 5.21. The molecule has 0 spiro atoms. The van der Waals surface area contributed by atoms with Crippen molar-refractivity contribution < 1.29 is 14.6 Å². The van der Waals surface area contributed by atoms with Crippen molar-refractivity contribution in [2.24, 2.45) is 0 Å². The normalized spacial score (nSPS) is 12.8. The smallest absolute Gasteiger partial charge is 0.343 e. The molecule has 2 aromatic carbocycles. The summed E-state index contributed by atoms with van der Waals surface area (Å²) in [6.07, 6.45) is 0. The van der Waals surface area contributed by atoms with E-state index in [9.17, 15) is 9.90 Å². The Kier molecular flexibility index (Phi) is 5.96. The molecule has 0 aliphatic rings. The van der Waals surface area contributed by atoms with Crippen LogP contribution in [0.15, 0.2) is 30.3 Å². The highest BCUT2D eigenvalue weighted by Crippen LogP contribution is 2.40. The standard InChI is InChI=1S/C26H36O3/c1-16-13-18(24(2,3)4)11-12-21(16)29-23(28)17-14-19(25(5,6)7)22(27)20(15-17)26(8,9)10/h11-15,27H,1-10H3. The van der Waals surface area contributed by atoms with Crippen LogP contribution in [0, 0.1) is 6.92 Å². The lowest BCUT2D eigenvalue weighted by Crippen LogP contribution is -2.20. The van der Waals surface area contributed by atoms with Crippen LogP contribution in [-0.2, 0) is 16.2 Å². The van der Waals surface area contributed by atoms with Crippen LogP contribution in [-0.4, -0.2) is 11.1 Å². The fourth-order valence-electron chi connectivity index (χ4n) is 3.28. The lowest BCUT2D eigenvalue weighted by Gasteiger charge is -2.28. The molecule has 1 N–H and O–H groups in total. The molecule has 158 valence electrons. The van der Waals surface area contributed by atoms with Gasteiger partial charge in [-0.2, -0.15) is 0 Å². The van der Waals surface area contributed by atoms with Gasteiger partial charge in [0.25, 0.3) is 0 Å². The van der Waals surface area contributed by atoms with Gasteiger partial charge in [0.1, 0.15) is 11.5 Å². The highest BCUT2D eigenvalue weighted by Gasteiger charge is 2.28. The average molecular weight is 397 g/mol. The molecule has 0 unspecified atom stereocenters. The monoisotopic (exact) mass is 396 g/mol. The zero-order valence-electron chi connectivity index (χ0n) is 19.7. The van der Waals surface area contributed by atoms with E-state index in [-0.39, 0.29) is 22.0 Å². The minimum Gasteiger partial charge on any atom is -0.507 e. The molecular weight excluding hydrogens is 360 g/mol. The van der Waals surface area contributed by atoms with E-state index in [4.69, 9.17) is 4.74 Å². The van der Waals surface area contributed by atoms with Gasteiger partial charge in [-0.15, -0.1) is 0 Å². The summed E-state index contributed by atoms with van der Waals surface area (Å²) in [6.45, 7) is 20.6. The number of ether oxygens (including phenoxy) is 1. The molecule has 0 aromatic heterocycles. The quantitative estimate of drug-likeness (QED) is 0.448. The Hall–Kier alpha value is -2.29. The Balaban J connectivity index is 2.48. The fourth-order valence-corrected chi connectivity index (χ4v) is 3.28. The van der Waals surface area contributed by atoms with Crippen molar-refractivity contribution in [2.75, 3.05) is 0 Å². The molecule has 2 rings (SSSR count). The van der Waals surface area contributed by atoms with Crippen molar-refractivity contribution >= 4 is 5.97 Å². The molecule has 0 saturated carbocycles. The van der Waals surface area contributed by atoms with E-state index < -0.39 is 5.97 Å². The first-order chi connectivity index (χ1) is 13.0. The molecule has 0 bridgehead atoms. The maximum Gasteiger partial charge on any atom is 0.343 e. The Morgan fingerprint density at radius 2 is 1.28 bits per heavy atom. The summed E-state index contributed by atoms with van der Waals surface area (Å²) >= 11 is 0. The van der Waals surface area contributed by atoms with Crippen LogP contribution in [0.5, 0.6) is 11.5 Å². The zero-order valence-corrected chi connectivity index (χ0v) is 19.7. The summed E-state index contributed by atoms with van der Waals surface area (Å²) in [7, 11) is 0. The van der Waals surface area contributed by atoms with Crippen LogP contribution in [0.4, 0.5) is 0 Å². The number of hydrogen-bond donors (Lipinski definition) is 1. The molecule has 0 heterocycles. The third kappa shape index (κ3) is 5.20. The maximum atomic E-state index is 13.0. The molecule has 3 heteroatoms. The molecule has 0 amide bonds. The number of phenols is 1. The number of hydrogen-bond acceptors (Lipinski definition) is 3. The SMILES string of the molecule is Cc1cc(C(C)(C)C)ccc1OC(=O)c1cc(C(C)(C)C)c(O)c(C(C)(C)C)c1. The first-order valence-electron chi connectivity index (χ1n) is 10.2. The largest absolute Gasteiger partial charge is 0.507 e. The molecule has 0 aliphatic heterocycles. The van der Waals surface area contributed by atoms with Gasteiger partial charge in [0.2, 0.25) is 0 Å². The topological polar surface area (TPSA) is 46.5 Å². The summed E-state index contributed by atoms with van der Waals surface area (Å²) in [5, 5.41) is 10.9. The highest BCUT2D eigenvalue weighted by atomic mass is 16.5. The van der Waals surface area contributed by atoms with Gasteiger partial charge < -0.3 is 9.84 Å². The Labute approximate surface area is 176 Å². The lowest BCUT2D eigenvalue weighted by molar-refractivity contribution is 0.0733.